The van der Waals surface area contributed by atoms with Crippen molar-refractivity contribution in [2.45, 2.75) is 12.5 Å². The van der Waals surface area contributed by atoms with Crippen LogP contribution in [0, 0.1) is 0 Å². The first-order valence-electron chi connectivity index (χ1n) is 3.26. The lowest BCUT2D eigenvalue weighted by Crippen LogP contribution is -2.35. The van der Waals surface area contributed by atoms with E-state index in [9.17, 15) is 8.42 Å². The van der Waals surface area contributed by atoms with Crippen molar-refractivity contribution in [3.05, 3.63) is 0 Å². The average molecular weight is 164 g/mol. The average Bonchev–Trinajstić information content (AvgIpc) is 2.12. The van der Waals surface area contributed by atoms with Gasteiger partial charge in [0.15, 0.2) is 0 Å². The molecule has 1 aliphatic heterocycles. The van der Waals surface area contributed by atoms with E-state index in [1.54, 1.807) is 0 Å². The van der Waals surface area contributed by atoms with Crippen LogP contribution >= 0.6 is 0 Å². The SMILES string of the molecule is CS(=O)(=O)N[C@H]1CCNC1. The zero-order chi connectivity index (χ0) is 7.61. The molecule has 0 unspecified atom stereocenters. The van der Waals surface area contributed by atoms with E-state index in [1.807, 2.05) is 0 Å². The van der Waals surface area contributed by atoms with Crippen LogP contribution in [0.25, 0.3) is 0 Å². The van der Waals surface area contributed by atoms with Crippen LogP contribution in [-0.2, 0) is 10.0 Å². The van der Waals surface area contributed by atoms with Crippen LogP contribution in [0.1, 0.15) is 6.42 Å². The molecule has 0 bridgehead atoms. The summed E-state index contributed by atoms with van der Waals surface area (Å²) < 4.78 is 23.8. The molecule has 5 heteroatoms. The second-order valence-corrected chi connectivity index (χ2v) is 4.36. The molecule has 1 heterocycles. The minimum atomic E-state index is -3.00. The van der Waals surface area contributed by atoms with Gasteiger partial charge >= 0.3 is 0 Å². The fraction of sp³-hybridized carbons (Fsp3) is 1.00. The molecule has 0 saturated carbocycles. The number of nitrogens with one attached hydrogen (secondary N) is 2. The van der Waals surface area contributed by atoms with Gasteiger partial charge in [0.05, 0.1) is 6.26 Å². The standard InChI is InChI=1S/C5H12N2O2S/c1-10(8,9)7-5-2-3-6-4-5/h5-7H,2-4H2,1H3/t5-/m0/s1. The molecule has 0 aromatic heterocycles. The summed E-state index contributed by atoms with van der Waals surface area (Å²) in [6, 6.07) is 0.106. The quantitative estimate of drug-likeness (QED) is 0.544. The molecule has 1 atom stereocenters. The van der Waals surface area contributed by atoms with E-state index in [1.165, 1.54) is 6.26 Å². The summed E-state index contributed by atoms with van der Waals surface area (Å²) in [6.07, 6.45) is 2.08. The zero-order valence-electron chi connectivity index (χ0n) is 5.92. The van der Waals surface area contributed by atoms with Crippen molar-refractivity contribution >= 4 is 10.0 Å². The first-order chi connectivity index (χ1) is 4.58. The maximum atomic E-state index is 10.6. The molecule has 0 aromatic rings. The molecule has 60 valence electrons. The molecule has 0 aliphatic carbocycles. The summed E-state index contributed by atoms with van der Waals surface area (Å²) >= 11 is 0. The lowest BCUT2D eigenvalue weighted by atomic mass is 10.3. The molecule has 1 aliphatic rings. The summed E-state index contributed by atoms with van der Waals surface area (Å²) in [5.74, 6) is 0. The first-order valence-corrected chi connectivity index (χ1v) is 5.15. The molecule has 0 aromatic carbocycles. The van der Waals surface area contributed by atoms with Gasteiger partial charge in [-0.1, -0.05) is 0 Å². The zero-order valence-corrected chi connectivity index (χ0v) is 6.74. The molecule has 0 radical (unpaired) electrons. The second-order valence-electron chi connectivity index (χ2n) is 2.58. The summed E-state index contributed by atoms with van der Waals surface area (Å²) in [5, 5.41) is 3.07. The van der Waals surface area contributed by atoms with Gasteiger partial charge < -0.3 is 5.32 Å². The molecule has 4 nitrogen and oxygen atoms in total. The summed E-state index contributed by atoms with van der Waals surface area (Å²) in [4.78, 5) is 0. The second kappa shape index (κ2) is 2.86. The van der Waals surface area contributed by atoms with Crippen molar-refractivity contribution < 1.29 is 8.42 Å². The van der Waals surface area contributed by atoms with Crippen LogP contribution in [-0.4, -0.2) is 33.8 Å². The third kappa shape index (κ3) is 2.64. The minimum absolute atomic E-state index is 0.106. The normalized spacial score (nSPS) is 27.1. The van der Waals surface area contributed by atoms with Crippen LogP contribution in [0.2, 0.25) is 0 Å². The Morgan fingerprint density at radius 2 is 2.30 bits per heavy atom. The van der Waals surface area contributed by atoms with Gasteiger partial charge in [-0.15, -0.1) is 0 Å². The third-order valence-electron chi connectivity index (χ3n) is 1.44. The van der Waals surface area contributed by atoms with Gasteiger partial charge in [0.1, 0.15) is 0 Å². The van der Waals surface area contributed by atoms with Crippen LogP contribution in [0.15, 0.2) is 0 Å². The van der Waals surface area contributed by atoms with Crippen molar-refractivity contribution in [2.75, 3.05) is 19.3 Å². The molecule has 10 heavy (non-hydrogen) atoms. The van der Waals surface area contributed by atoms with Crippen LogP contribution in [0.3, 0.4) is 0 Å². The Morgan fingerprint density at radius 3 is 2.70 bits per heavy atom. The topological polar surface area (TPSA) is 58.2 Å². The Labute approximate surface area is 61.1 Å². The van der Waals surface area contributed by atoms with Crippen molar-refractivity contribution in [2.24, 2.45) is 0 Å². The third-order valence-corrected chi connectivity index (χ3v) is 2.20. The van der Waals surface area contributed by atoms with Crippen LogP contribution < -0.4 is 10.0 Å². The minimum Gasteiger partial charge on any atom is -0.315 e. The summed E-state index contributed by atoms with van der Waals surface area (Å²) in [6.45, 7) is 1.67. The largest absolute Gasteiger partial charge is 0.315 e. The predicted octanol–water partition coefficient (Wildman–Crippen LogP) is -1.10. The summed E-state index contributed by atoms with van der Waals surface area (Å²) in [7, 11) is -3.00. The highest BCUT2D eigenvalue weighted by Crippen LogP contribution is 1.97. The Kier molecular flexibility index (Phi) is 2.28. The van der Waals surface area contributed by atoms with Gasteiger partial charge in [-0.3, -0.25) is 0 Å². The molecule has 1 saturated heterocycles. The van der Waals surface area contributed by atoms with Gasteiger partial charge in [-0.2, -0.15) is 0 Å². The lowest BCUT2D eigenvalue weighted by Gasteiger charge is -2.07. The molecule has 1 rings (SSSR count). The van der Waals surface area contributed by atoms with Crippen molar-refractivity contribution in [3.63, 3.8) is 0 Å². The Hall–Kier alpha value is -0.130. The molecule has 2 N–H and O–H groups in total. The van der Waals surface area contributed by atoms with E-state index in [2.05, 4.69) is 10.0 Å². The Balaban J connectivity index is 2.38. The summed E-state index contributed by atoms with van der Waals surface area (Å²) in [5.41, 5.74) is 0. The van der Waals surface area contributed by atoms with Gasteiger partial charge in [0, 0.05) is 12.6 Å². The fourth-order valence-corrected chi connectivity index (χ4v) is 1.86. The monoisotopic (exact) mass is 164 g/mol. The highest BCUT2D eigenvalue weighted by molar-refractivity contribution is 7.88. The van der Waals surface area contributed by atoms with E-state index in [0.717, 1.165) is 19.5 Å². The van der Waals surface area contributed by atoms with E-state index in [4.69, 9.17) is 0 Å². The van der Waals surface area contributed by atoms with E-state index in [0.29, 0.717) is 0 Å². The van der Waals surface area contributed by atoms with Crippen molar-refractivity contribution in [3.8, 4) is 0 Å². The van der Waals surface area contributed by atoms with Crippen molar-refractivity contribution in [1.29, 1.82) is 0 Å². The highest BCUT2D eigenvalue weighted by atomic mass is 32.2. The number of hydrogen-bond acceptors (Lipinski definition) is 3. The molecule has 1 fully saturated rings. The number of rotatable bonds is 2. The smallest absolute Gasteiger partial charge is 0.208 e. The van der Waals surface area contributed by atoms with Crippen molar-refractivity contribution in [1.82, 2.24) is 10.0 Å². The fourth-order valence-electron chi connectivity index (χ4n) is 1.06. The Bertz CT molecular complexity index is 194. The Morgan fingerprint density at radius 1 is 1.60 bits per heavy atom. The van der Waals surface area contributed by atoms with Gasteiger partial charge in [0.25, 0.3) is 0 Å². The van der Waals surface area contributed by atoms with Gasteiger partial charge in [-0.05, 0) is 13.0 Å². The van der Waals surface area contributed by atoms with Gasteiger partial charge in [0.2, 0.25) is 10.0 Å². The van der Waals surface area contributed by atoms with Crippen LogP contribution in [0.4, 0.5) is 0 Å². The number of sulfonamides is 1. The number of hydrogen-bond donors (Lipinski definition) is 2. The van der Waals surface area contributed by atoms with E-state index in [-0.39, 0.29) is 6.04 Å². The van der Waals surface area contributed by atoms with E-state index >= 15 is 0 Å². The molecule has 0 spiro atoms. The predicted molar refractivity (Wildman–Crippen MR) is 39.3 cm³/mol. The van der Waals surface area contributed by atoms with Gasteiger partial charge in [-0.25, -0.2) is 13.1 Å². The maximum absolute atomic E-state index is 10.6. The first kappa shape index (κ1) is 7.97. The van der Waals surface area contributed by atoms with E-state index < -0.39 is 10.0 Å². The maximum Gasteiger partial charge on any atom is 0.208 e. The van der Waals surface area contributed by atoms with Crippen LogP contribution in [0.5, 0.6) is 0 Å². The lowest BCUT2D eigenvalue weighted by molar-refractivity contribution is 0.566. The highest BCUT2D eigenvalue weighted by Gasteiger charge is 2.17. The molecule has 0 amide bonds. The molecular formula is C5H12N2O2S. The molecular weight excluding hydrogens is 152 g/mol.